The summed E-state index contributed by atoms with van der Waals surface area (Å²) in [5, 5.41) is 1.16. The zero-order chi connectivity index (χ0) is 21.1. The number of carbonyl (C=O) groups excluding carboxylic acids is 1. The molecule has 6 heteroatoms. The molecule has 0 unspecified atom stereocenters. The number of hydrogen-bond donors (Lipinski definition) is 0. The van der Waals surface area contributed by atoms with Gasteiger partial charge in [-0.1, -0.05) is 18.2 Å². The second-order valence-electron chi connectivity index (χ2n) is 7.79. The maximum atomic E-state index is 12.9. The van der Waals surface area contributed by atoms with E-state index in [-0.39, 0.29) is 5.91 Å². The Morgan fingerprint density at radius 1 is 0.967 bits per heavy atom. The van der Waals surface area contributed by atoms with E-state index in [2.05, 4.69) is 27.8 Å². The maximum Gasteiger partial charge on any atom is 0.227 e. The van der Waals surface area contributed by atoms with Gasteiger partial charge < -0.3 is 18.9 Å². The lowest BCUT2D eigenvalue weighted by Crippen LogP contribution is -2.48. The van der Waals surface area contributed by atoms with Gasteiger partial charge in [0.05, 0.1) is 20.6 Å². The molecule has 1 amide bonds. The van der Waals surface area contributed by atoms with Crippen LogP contribution < -0.4 is 9.47 Å². The standard InChI is InChI=1S/C24H29N3O3/c1-25-16-18(21-6-4-5-7-22(21)25)15-24(28)27-12-10-26(11-13-27)17-19-14-20(29-2)8-9-23(19)30-3/h4-9,14,16H,10-13,15,17H2,1-3H3. The number of aromatic nitrogens is 1. The SMILES string of the molecule is COc1ccc(OC)c(CN2CCN(C(=O)Cc3cn(C)c4ccccc34)CC2)c1. The zero-order valence-corrected chi connectivity index (χ0v) is 17.9. The first-order valence-electron chi connectivity index (χ1n) is 10.3. The molecule has 0 spiro atoms. The van der Waals surface area contributed by atoms with Gasteiger partial charge in [-0.15, -0.1) is 0 Å². The van der Waals surface area contributed by atoms with Gasteiger partial charge in [0, 0.05) is 62.4 Å². The van der Waals surface area contributed by atoms with Gasteiger partial charge in [0.1, 0.15) is 11.5 Å². The van der Waals surface area contributed by atoms with Crippen LogP contribution in [0.4, 0.5) is 0 Å². The van der Waals surface area contributed by atoms with Crippen LogP contribution in [0.3, 0.4) is 0 Å². The predicted octanol–water partition coefficient (Wildman–Crippen LogP) is 3.08. The van der Waals surface area contributed by atoms with Gasteiger partial charge in [-0.3, -0.25) is 9.69 Å². The minimum absolute atomic E-state index is 0.199. The Balaban J connectivity index is 1.37. The second kappa shape index (κ2) is 8.79. The number of methoxy groups -OCH3 is 2. The Morgan fingerprint density at radius 2 is 1.73 bits per heavy atom. The summed E-state index contributed by atoms with van der Waals surface area (Å²) in [5.41, 5.74) is 3.37. The van der Waals surface area contributed by atoms with E-state index in [0.717, 1.165) is 66.3 Å². The van der Waals surface area contributed by atoms with E-state index in [1.807, 2.05) is 42.3 Å². The summed E-state index contributed by atoms with van der Waals surface area (Å²) in [7, 11) is 5.39. The molecule has 2 heterocycles. The minimum Gasteiger partial charge on any atom is -0.497 e. The lowest BCUT2D eigenvalue weighted by molar-refractivity contribution is -0.132. The highest BCUT2D eigenvalue weighted by molar-refractivity contribution is 5.89. The van der Waals surface area contributed by atoms with E-state index in [4.69, 9.17) is 9.47 Å². The topological polar surface area (TPSA) is 46.9 Å². The van der Waals surface area contributed by atoms with Crippen LogP contribution >= 0.6 is 0 Å². The van der Waals surface area contributed by atoms with Gasteiger partial charge >= 0.3 is 0 Å². The van der Waals surface area contributed by atoms with E-state index in [9.17, 15) is 4.79 Å². The molecule has 30 heavy (non-hydrogen) atoms. The normalized spacial score (nSPS) is 14.8. The molecule has 158 valence electrons. The third-order valence-electron chi connectivity index (χ3n) is 5.93. The molecule has 1 aliphatic heterocycles. The molecule has 0 aliphatic carbocycles. The number of aryl methyl sites for hydroxylation is 1. The molecular weight excluding hydrogens is 378 g/mol. The summed E-state index contributed by atoms with van der Waals surface area (Å²) in [4.78, 5) is 17.3. The molecule has 3 aromatic rings. The van der Waals surface area contributed by atoms with Gasteiger partial charge in [0.25, 0.3) is 0 Å². The number of piperazine rings is 1. The van der Waals surface area contributed by atoms with Crippen molar-refractivity contribution in [2.24, 2.45) is 7.05 Å². The number of rotatable bonds is 6. The molecule has 0 atom stereocenters. The van der Waals surface area contributed by atoms with Crippen molar-refractivity contribution in [3.63, 3.8) is 0 Å². The number of carbonyl (C=O) groups is 1. The largest absolute Gasteiger partial charge is 0.497 e. The average Bonchev–Trinajstić information content (AvgIpc) is 3.09. The number of amides is 1. The highest BCUT2D eigenvalue weighted by Crippen LogP contribution is 2.26. The molecule has 1 saturated heterocycles. The van der Waals surface area contributed by atoms with Crippen molar-refractivity contribution in [3.8, 4) is 11.5 Å². The van der Waals surface area contributed by atoms with Crippen molar-refractivity contribution in [1.82, 2.24) is 14.4 Å². The van der Waals surface area contributed by atoms with Crippen molar-refractivity contribution in [1.29, 1.82) is 0 Å². The van der Waals surface area contributed by atoms with Gasteiger partial charge in [0.15, 0.2) is 0 Å². The Labute approximate surface area is 177 Å². The molecule has 4 rings (SSSR count). The molecule has 2 aromatic carbocycles. The smallest absolute Gasteiger partial charge is 0.227 e. The summed E-state index contributed by atoms with van der Waals surface area (Å²) < 4.78 is 12.9. The first-order valence-corrected chi connectivity index (χ1v) is 10.3. The molecule has 1 fully saturated rings. The van der Waals surface area contributed by atoms with Crippen LogP contribution in [0.1, 0.15) is 11.1 Å². The number of fused-ring (bicyclic) bond motifs is 1. The molecule has 1 aliphatic rings. The zero-order valence-electron chi connectivity index (χ0n) is 17.9. The van der Waals surface area contributed by atoms with Gasteiger partial charge in [-0.05, 0) is 29.8 Å². The van der Waals surface area contributed by atoms with Crippen molar-refractivity contribution >= 4 is 16.8 Å². The van der Waals surface area contributed by atoms with E-state index >= 15 is 0 Å². The first-order chi connectivity index (χ1) is 14.6. The summed E-state index contributed by atoms with van der Waals surface area (Å²) >= 11 is 0. The van der Waals surface area contributed by atoms with Crippen LogP contribution in [-0.4, -0.2) is 60.7 Å². The van der Waals surface area contributed by atoms with E-state index in [0.29, 0.717) is 6.42 Å². The molecule has 0 saturated carbocycles. The number of benzene rings is 2. The van der Waals surface area contributed by atoms with Crippen molar-refractivity contribution in [2.75, 3.05) is 40.4 Å². The highest BCUT2D eigenvalue weighted by atomic mass is 16.5. The van der Waals surface area contributed by atoms with Crippen molar-refractivity contribution < 1.29 is 14.3 Å². The molecule has 1 aromatic heterocycles. The third kappa shape index (κ3) is 4.14. The van der Waals surface area contributed by atoms with Gasteiger partial charge in [0.2, 0.25) is 5.91 Å². The van der Waals surface area contributed by atoms with E-state index in [1.54, 1.807) is 14.2 Å². The lowest BCUT2D eigenvalue weighted by atomic mass is 10.1. The van der Waals surface area contributed by atoms with Crippen LogP contribution in [0.5, 0.6) is 11.5 Å². The number of para-hydroxylation sites is 1. The van der Waals surface area contributed by atoms with Crippen LogP contribution in [-0.2, 0) is 24.8 Å². The monoisotopic (exact) mass is 407 g/mol. The van der Waals surface area contributed by atoms with Crippen molar-refractivity contribution in [2.45, 2.75) is 13.0 Å². The first kappa shape index (κ1) is 20.3. The summed E-state index contributed by atoms with van der Waals surface area (Å²) in [6, 6.07) is 14.1. The van der Waals surface area contributed by atoms with Crippen LogP contribution in [0, 0.1) is 0 Å². The van der Waals surface area contributed by atoms with Crippen LogP contribution in [0.25, 0.3) is 10.9 Å². The Hall–Kier alpha value is -2.99. The second-order valence-corrected chi connectivity index (χ2v) is 7.79. The lowest BCUT2D eigenvalue weighted by Gasteiger charge is -2.35. The van der Waals surface area contributed by atoms with Crippen molar-refractivity contribution in [3.05, 3.63) is 59.8 Å². The minimum atomic E-state index is 0.199. The number of nitrogens with zero attached hydrogens (tertiary/aromatic N) is 3. The molecule has 6 nitrogen and oxygen atoms in total. The number of ether oxygens (including phenoxy) is 2. The predicted molar refractivity (Wildman–Crippen MR) is 118 cm³/mol. The fraction of sp³-hybridized carbons (Fsp3) is 0.375. The molecule has 0 N–H and O–H groups in total. The average molecular weight is 408 g/mol. The van der Waals surface area contributed by atoms with Gasteiger partial charge in [-0.25, -0.2) is 0 Å². The van der Waals surface area contributed by atoms with Crippen LogP contribution in [0.2, 0.25) is 0 Å². The van der Waals surface area contributed by atoms with Crippen LogP contribution in [0.15, 0.2) is 48.7 Å². The Morgan fingerprint density at radius 3 is 2.47 bits per heavy atom. The molecular formula is C24H29N3O3. The summed E-state index contributed by atoms with van der Waals surface area (Å²) in [5.74, 6) is 1.89. The summed E-state index contributed by atoms with van der Waals surface area (Å²) in [6.07, 6.45) is 2.53. The molecule has 0 bridgehead atoms. The Kier molecular flexibility index (Phi) is 5.95. The third-order valence-corrected chi connectivity index (χ3v) is 5.93. The maximum absolute atomic E-state index is 12.9. The summed E-state index contributed by atoms with van der Waals surface area (Å²) in [6.45, 7) is 3.97. The quantitative estimate of drug-likeness (QED) is 0.630. The molecule has 0 radical (unpaired) electrons. The fourth-order valence-electron chi connectivity index (χ4n) is 4.24. The Bertz CT molecular complexity index is 1040. The number of hydrogen-bond acceptors (Lipinski definition) is 4. The van der Waals surface area contributed by atoms with E-state index < -0.39 is 0 Å². The van der Waals surface area contributed by atoms with Gasteiger partial charge in [-0.2, -0.15) is 0 Å². The highest BCUT2D eigenvalue weighted by Gasteiger charge is 2.23. The fourth-order valence-corrected chi connectivity index (χ4v) is 4.24. The van der Waals surface area contributed by atoms with E-state index in [1.165, 1.54) is 0 Å².